The van der Waals surface area contributed by atoms with Gasteiger partial charge in [0.05, 0.1) is 5.69 Å². The molecule has 0 aromatic carbocycles. The van der Waals surface area contributed by atoms with Gasteiger partial charge in [0.1, 0.15) is 0 Å². The summed E-state index contributed by atoms with van der Waals surface area (Å²) >= 11 is 0. The average molecular weight is 221 g/mol. The molecule has 0 unspecified atom stereocenters. The van der Waals surface area contributed by atoms with Crippen molar-refractivity contribution in [2.75, 3.05) is 11.9 Å². The second-order valence-corrected chi connectivity index (χ2v) is 4.86. The van der Waals surface area contributed by atoms with Crippen molar-refractivity contribution in [2.24, 2.45) is 5.92 Å². The molecule has 1 aliphatic rings. The third-order valence-electron chi connectivity index (χ3n) is 3.55. The lowest BCUT2D eigenvalue weighted by Crippen LogP contribution is -2.10. The van der Waals surface area contributed by atoms with E-state index in [2.05, 4.69) is 28.0 Å². The number of nitrogens with one attached hydrogen (secondary N) is 1. The van der Waals surface area contributed by atoms with Crippen LogP contribution in [-0.4, -0.2) is 16.1 Å². The zero-order chi connectivity index (χ0) is 11.4. The van der Waals surface area contributed by atoms with Gasteiger partial charge >= 0.3 is 0 Å². The molecule has 0 radical (unpaired) electrons. The SMILES string of the molecule is CCn1cc(C)nc1NCCC1CCCC1. The van der Waals surface area contributed by atoms with Crippen LogP contribution in [0.25, 0.3) is 0 Å². The fraction of sp³-hybridized carbons (Fsp3) is 0.769. The van der Waals surface area contributed by atoms with Gasteiger partial charge in [-0.25, -0.2) is 4.98 Å². The molecule has 0 bridgehead atoms. The quantitative estimate of drug-likeness (QED) is 0.827. The average Bonchev–Trinajstić information content (AvgIpc) is 2.88. The van der Waals surface area contributed by atoms with E-state index in [1.807, 2.05) is 6.92 Å². The van der Waals surface area contributed by atoms with Crippen molar-refractivity contribution in [3.63, 3.8) is 0 Å². The van der Waals surface area contributed by atoms with E-state index in [0.717, 1.165) is 30.6 Å². The molecular formula is C13H23N3. The highest BCUT2D eigenvalue weighted by Gasteiger charge is 2.14. The molecule has 1 heterocycles. The molecule has 1 N–H and O–H groups in total. The lowest BCUT2D eigenvalue weighted by Gasteiger charge is -2.11. The Morgan fingerprint density at radius 2 is 2.19 bits per heavy atom. The summed E-state index contributed by atoms with van der Waals surface area (Å²) in [6.45, 7) is 6.27. The van der Waals surface area contributed by atoms with Crippen LogP contribution in [0.1, 0.15) is 44.7 Å². The molecule has 0 spiro atoms. The zero-order valence-electron chi connectivity index (χ0n) is 10.5. The van der Waals surface area contributed by atoms with E-state index in [-0.39, 0.29) is 0 Å². The van der Waals surface area contributed by atoms with E-state index >= 15 is 0 Å². The van der Waals surface area contributed by atoms with Gasteiger partial charge < -0.3 is 9.88 Å². The summed E-state index contributed by atoms with van der Waals surface area (Å²) in [6.07, 6.45) is 9.15. The number of hydrogen-bond acceptors (Lipinski definition) is 2. The number of aryl methyl sites for hydroxylation is 2. The summed E-state index contributed by atoms with van der Waals surface area (Å²) in [5, 5.41) is 3.46. The molecule has 90 valence electrons. The van der Waals surface area contributed by atoms with E-state index < -0.39 is 0 Å². The normalized spacial score (nSPS) is 16.9. The number of rotatable bonds is 5. The number of aromatic nitrogens is 2. The topological polar surface area (TPSA) is 29.9 Å². The maximum Gasteiger partial charge on any atom is 0.203 e. The van der Waals surface area contributed by atoms with E-state index in [0.29, 0.717) is 0 Å². The third kappa shape index (κ3) is 2.77. The van der Waals surface area contributed by atoms with Gasteiger partial charge in [0, 0.05) is 19.3 Å². The molecule has 0 atom stereocenters. The van der Waals surface area contributed by atoms with Crippen molar-refractivity contribution >= 4 is 5.95 Å². The van der Waals surface area contributed by atoms with E-state index in [9.17, 15) is 0 Å². The summed E-state index contributed by atoms with van der Waals surface area (Å²) < 4.78 is 2.18. The van der Waals surface area contributed by atoms with Gasteiger partial charge in [-0.2, -0.15) is 0 Å². The van der Waals surface area contributed by atoms with Crippen molar-refractivity contribution in [3.05, 3.63) is 11.9 Å². The van der Waals surface area contributed by atoms with Crippen molar-refractivity contribution < 1.29 is 0 Å². The van der Waals surface area contributed by atoms with Crippen LogP contribution < -0.4 is 5.32 Å². The van der Waals surface area contributed by atoms with Gasteiger partial charge in [-0.1, -0.05) is 25.7 Å². The molecule has 1 aliphatic carbocycles. The molecule has 1 saturated carbocycles. The lowest BCUT2D eigenvalue weighted by molar-refractivity contribution is 0.517. The summed E-state index contributed by atoms with van der Waals surface area (Å²) in [7, 11) is 0. The standard InChI is InChI=1S/C13H23N3/c1-3-16-10-11(2)15-13(16)14-9-8-12-6-4-5-7-12/h10,12H,3-9H2,1-2H3,(H,14,15). The Hall–Kier alpha value is -0.990. The Morgan fingerprint density at radius 3 is 2.88 bits per heavy atom. The summed E-state index contributed by atoms with van der Waals surface area (Å²) in [4.78, 5) is 4.50. The minimum absolute atomic E-state index is 0.957. The number of hydrogen-bond donors (Lipinski definition) is 1. The van der Waals surface area contributed by atoms with Crippen LogP contribution in [0.5, 0.6) is 0 Å². The Kier molecular flexibility index (Phi) is 3.86. The minimum atomic E-state index is 0.957. The molecule has 16 heavy (non-hydrogen) atoms. The first-order chi connectivity index (χ1) is 7.79. The van der Waals surface area contributed by atoms with Crippen molar-refractivity contribution in [1.29, 1.82) is 0 Å². The Labute approximate surface area is 98.3 Å². The van der Waals surface area contributed by atoms with Crippen LogP contribution in [0.4, 0.5) is 5.95 Å². The van der Waals surface area contributed by atoms with Gasteiger partial charge in [-0.05, 0) is 26.2 Å². The van der Waals surface area contributed by atoms with Crippen molar-refractivity contribution in [2.45, 2.75) is 52.5 Å². The van der Waals surface area contributed by atoms with Gasteiger partial charge in [0.2, 0.25) is 5.95 Å². The predicted molar refractivity (Wildman–Crippen MR) is 67.7 cm³/mol. The molecule has 0 aliphatic heterocycles. The predicted octanol–water partition coefficient (Wildman–Crippen LogP) is 3.20. The summed E-state index contributed by atoms with van der Waals surface area (Å²) in [5.41, 5.74) is 1.10. The largest absolute Gasteiger partial charge is 0.356 e. The molecule has 1 fully saturated rings. The monoisotopic (exact) mass is 221 g/mol. The molecule has 0 saturated heterocycles. The number of nitrogens with zero attached hydrogens (tertiary/aromatic N) is 2. The molecule has 1 aromatic heterocycles. The van der Waals surface area contributed by atoms with Crippen molar-refractivity contribution in [1.82, 2.24) is 9.55 Å². The van der Waals surface area contributed by atoms with E-state index in [4.69, 9.17) is 0 Å². The van der Waals surface area contributed by atoms with E-state index in [1.54, 1.807) is 0 Å². The van der Waals surface area contributed by atoms with Gasteiger partial charge in [0.25, 0.3) is 0 Å². The minimum Gasteiger partial charge on any atom is -0.356 e. The van der Waals surface area contributed by atoms with Gasteiger partial charge in [-0.3, -0.25) is 0 Å². The molecule has 1 aromatic rings. The Balaban J connectivity index is 1.79. The van der Waals surface area contributed by atoms with Crippen molar-refractivity contribution in [3.8, 4) is 0 Å². The highest BCUT2D eigenvalue weighted by atomic mass is 15.2. The van der Waals surface area contributed by atoms with Crippen LogP contribution in [0, 0.1) is 12.8 Å². The number of imidazole rings is 1. The first-order valence-electron chi connectivity index (χ1n) is 6.57. The van der Waals surface area contributed by atoms with Gasteiger partial charge in [0.15, 0.2) is 0 Å². The van der Waals surface area contributed by atoms with Crippen LogP contribution in [-0.2, 0) is 6.54 Å². The molecule has 3 heteroatoms. The second-order valence-electron chi connectivity index (χ2n) is 4.86. The van der Waals surface area contributed by atoms with Crippen LogP contribution in [0.15, 0.2) is 6.20 Å². The van der Waals surface area contributed by atoms with Gasteiger partial charge in [-0.15, -0.1) is 0 Å². The lowest BCUT2D eigenvalue weighted by atomic mass is 10.0. The fourth-order valence-electron chi connectivity index (χ4n) is 2.62. The van der Waals surface area contributed by atoms with Crippen LogP contribution in [0.3, 0.4) is 0 Å². The smallest absolute Gasteiger partial charge is 0.203 e. The fourth-order valence-corrected chi connectivity index (χ4v) is 2.62. The third-order valence-corrected chi connectivity index (χ3v) is 3.55. The molecule has 3 nitrogen and oxygen atoms in total. The molecule has 0 amide bonds. The first kappa shape index (κ1) is 11.5. The number of anilines is 1. The Bertz CT molecular complexity index is 324. The molecule has 2 rings (SSSR count). The Morgan fingerprint density at radius 1 is 1.44 bits per heavy atom. The maximum absolute atomic E-state index is 4.50. The second kappa shape index (κ2) is 5.37. The highest BCUT2D eigenvalue weighted by molar-refractivity contribution is 5.28. The highest BCUT2D eigenvalue weighted by Crippen LogP contribution is 2.27. The van der Waals surface area contributed by atoms with E-state index in [1.165, 1.54) is 32.1 Å². The van der Waals surface area contributed by atoms with Crippen LogP contribution >= 0.6 is 0 Å². The summed E-state index contributed by atoms with van der Waals surface area (Å²) in [5.74, 6) is 2.00. The maximum atomic E-state index is 4.50. The summed E-state index contributed by atoms with van der Waals surface area (Å²) in [6, 6.07) is 0. The van der Waals surface area contributed by atoms with Crippen LogP contribution in [0.2, 0.25) is 0 Å². The zero-order valence-corrected chi connectivity index (χ0v) is 10.5. The first-order valence-corrected chi connectivity index (χ1v) is 6.57. The molecular weight excluding hydrogens is 198 g/mol.